The number of nitrogens with zero attached hydrogens (tertiary/aromatic N) is 3. The van der Waals surface area contributed by atoms with Gasteiger partial charge in [0.1, 0.15) is 0 Å². The lowest BCUT2D eigenvalue weighted by Crippen LogP contribution is -2.46. The molecule has 0 radical (unpaired) electrons. The molecule has 5 nitrogen and oxygen atoms in total. The largest absolute Gasteiger partial charge is 0.352 e. The van der Waals surface area contributed by atoms with E-state index >= 15 is 0 Å². The number of aromatic nitrogens is 1. The third-order valence-electron chi connectivity index (χ3n) is 4.18. The highest BCUT2D eigenvalue weighted by atomic mass is 32.1. The average Bonchev–Trinajstić information content (AvgIpc) is 3.01. The summed E-state index contributed by atoms with van der Waals surface area (Å²) < 4.78 is 0. The molecule has 1 fully saturated rings. The summed E-state index contributed by atoms with van der Waals surface area (Å²) in [6.07, 6.45) is 0. The van der Waals surface area contributed by atoms with Crippen molar-refractivity contribution in [2.24, 2.45) is 10.9 Å². The number of hydrogen-bond acceptors (Lipinski definition) is 4. The Morgan fingerprint density at radius 2 is 2.29 bits per heavy atom. The smallest absolute Gasteiger partial charge is 0.191 e. The van der Waals surface area contributed by atoms with E-state index in [-0.39, 0.29) is 0 Å². The lowest BCUT2D eigenvalue weighted by Gasteiger charge is -2.21. The van der Waals surface area contributed by atoms with Crippen LogP contribution in [0.1, 0.15) is 31.3 Å². The van der Waals surface area contributed by atoms with Gasteiger partial charge in [0.15, 0.2) is 5.96 Å². The summed E-state index contributed by atoms with van der Waals surface area (Å²) in [6, 6.07) is 1.07. The Morgan fingerprint density at radius 3 is 2.81 bits per heavy atom. The first-order valence-electron chi connectivity index (χ1n) is 7.61. The molecule has 2 rings (SSSR count). The summed E-state index contributed by atoms with van der Waals surface area (Å²) >= 11 is 1.68. The van der Waals surface area contributed by atoms with E-state index in [1.165, 1.54) is 4.88 Å². The normalized spacial score (nSPS) is 23.8. The summed E-state index contributed by atoms with van der Waals surface area (Å²) in [7, 11) is 1.83. The van der Waals surface area contributed by atoms with Crippen LogP contribution in [0.2, 0.25) is 0 Å². The minimum Gasteiger partial charge on any atom is -0.352 e. The number of guanidine groups is 1. The molecular formula is C15H27N5S. The Morgan fingerprint density at radius 1 is 1.52 bits per heavy atom. The minimum absolute atomic E-state index is 0.459. The van der Waals surface area contributed by atoms with Crippen molar-refractivity contribution in [1.82, 2.24) is 20.5 Å². The van der Waals surface area contributed by atoms with Crippen molar-refractivity contribution in [3.63, 3.8) is 0 Å². The molecule has 1 saturated heterocycles. The number of thiazole rings is 1. The van der Waals surface area contributed by atoms with Gasteiger partial charge in [-0.1, -0.05) is 6.92 Å². The van der Waals surface area contributed by atoms with Crippen molar-refractivity contribution in [3.05, 3.63) is 16.1 Å². The van der Waals surface area contributed by atoms with Gasteiger partial charge in [-0.2, -0.15) is 0 Å². The zero-order valence-electron chi connectivity index (χ0n) is 13.7. The highest BCUT2D eigenvalue weighted by Crippen LogP contribution is 2.18. The summed E-state index contributed by atoms with van der Waals surface area (Å²) in [5.41, 5.74) is 2.99. The zero-order valence-corrected chi connectivity index (χ0v) is 14.5. The quantitative estimate of drug-likeness (QED) is 0.658. The van der Waals surface area contributed by atoms with Crippen LogP contribution in [0.25, 0.3) is 0 Å². The summed E-state index contributed by atoms with van der Waals surface area (Å²) in [6.45, 7) is 11.9. The van der Waals surface area contributed by atoms with E-state index in [0.717, 1.165) is 31.3 Å². The first-order chi connectivity index (χ1) is 10.0. The minimum atomic E-state index is 0.459. The molecule has 2 atom stereocenters. The van der Waals surface area contributed by atoms with E-state index in [1.807, 2.05) is 19.5 Å². The second kappa shape index (κ2) is 7.22. The fourth-order valence-corrected chi connectivity index (χ4v) is 3.36. The SMILES string of the molecule is CN=C(NCc1scnc1C)NC1CN(C(C)C)CC1C. The standard InChI is InChI=1S/C15H27N5S/c1-10(2)20-7-11(3)13(8-20)19-15(16-5)17-6-14-12(4)18-9-21-14/h9-11,13H,6-8H2,1-5H3,(H2,16,17,19). The number of nitrogens with one attached hydrogen (secondary N) is 2. The van der Waals surface area contributed by atoms with Gasteiger partial charge in [-0.15, -0.1) is 11.3 Å². The van der Waals surface area contributed by atoms with E-state index in [1.54, 1.807) is 11.3 Å². The van der Waals surface area contributed by atoms with Gasteiger partial charge in [-0.3, -0.25) is 9.89 Å². The number of rotatable bonds is 4. The molecule has 21 heavy (non-hydrogen) atoms. The van der Waals surface area contributed by atoms with Gasteiger partial charge in [0, 0.05) is 37.1 Å². The van der Waals surface area contributed by atoms with Crippen molar-refractivity contribution in [1.29, 1.82) is 0 Å². The first kappa shape index (κ1) is 16.2. The van der Waals surface area contributed by atoms with Gasteiger partial charge in [0.25, 0.3) is 0 Å². The van der Waals surface area contributed by atoms with E-state index in [4.69, 9.17) is 0 Å². The molecule has 0 aromatic carbocycles. The fourth-order valence-electron chi connectivity index (χ4n) is 2.64. The molecule has 0 aliphatic carbocycles. The maximum Gasteiger partial charge on any atom is 0.191 e. The molecule has 2 N–H and O–H groups in total. The van der Waals surface area contributed by atoms with Crippen molar-refractivity contribution >= 4 is 17.3 Å². The molecule has 1 aromatic heterocycles. The second-order valence-electron chi connectivity index (χ2n) is 6.06. The summed E-state index contributed by atoms with van der Waals surface area (Å²) in [5, 5.41) is 6.96. The van der Waals surface area contributed by atoms with Crippen LogP contribution in [0.4, 0.5) is 0 Å². The monoisotopic (exact) mass is 309 g/mol. The molecule has 0 spiro atoms. The summed E-state index contributed by atoms with van der Waals surface area (Å²) in [4.78, 5) is 12.4. The van der Waals surface area contributed by atoms with Crippen molar-refractivity contribution < 1.29 is 0 Å². The van der Waals surface area contributed by atoms with Gasteiger partial charge in [0.05, 0.1) is 17.7 Å². The van der Waals surface area contributed by atoms with Gasteiger partial charge >= 0.3 is 0 Å². The maximum absolute atomic E-state index is 4.35. The molecule has 0 saturated carbocycles. The predicted molar refractivity (Wildman–Crippen MR) is 89.8 cm³/mol. The number of aryl methyl sites for hydroxylation is 1. The Bertz CT molecular complexity index is 482. The Balaban J connectivity index is 1.87. The van der Waals surface area contributed by atoms with E-state index in [2.05, 4.69) is 46.3 Å². The third-order valence-corrected chi connectivity index (χ3v) is 5.11. The maximum atomic E-state index is 4.35. The molecular weight excluding hydrogens is 282 g/mol. The average molecular weight is 309 g/mol. The Kier molecular flexibility index (Phi) is 5.58. The summed E-state index contributed by atoms with van der Waals surface area (Å²) in [5.74, 6) is 1.52. The number of aliphatic imine (C=N–C) groups is 1. The fraction of sp³-hybridized carbons (Fsp3) is 0.733. The molecule has 1 aliphatic heterocycles. The van der Waals surface area contributed by atoms with Gasteiger partial charge in [0.2, 0.25) is 0 Å². The molecule has 0 bridgehead atoms. The lowest BCUT2D eigenvalue weighted by molar-refractivity contribution is 0.265. The zero-order chi connectivity index (χ0) is 15.4. The highest BCUT2D eigenvalue weighted by Gasteiger charge is 2.31. The number of likely N-dealkylation sites (tertiary alicyclic amines) is 1. The van der Waals surface area contributed by atoms with Gasteiger partial charge < -0.3 is 10.6 Å². The van der Waals surface area contributed by atoms with Gasteiger partial charge in [-0.25, -0.2) is 4.98 Å². The highest BCUT2D eigenvalue weighted by molar-refractivity contribution is 7.09. The van der Waals surface area contributed by atoms with Crippen LogP contribution in [0.5, 0.6) is 0 Å². The predicted octanol–water partition coefficient (Wildman–Crippen LogP) is 1.85. The molecule has 6 heteroatoms. The van der Waals surface area contributed by atoms with Gasteiger partial charge in [-0.05, 0) is 26.7 Å². The second-order valence-corrected chi connectivity index (χ2v) is 7.00. The third kappa shape index (κ3) is 4.17. The molecule has 118 valence electrons. The van der Waals surface area contributed by atoms with Crippen LogP contribution >= 0.6 is 11.3 Å². The molecule has 2 heterocycles. The van der Waals surface area contributed by atoms with E-state index < -0.39 is 0 Å². The first-order valence-corrected chi connectivity index (χ1v) is 8.49. The molecule has 0 amide bonds. The van der Waals surface area contributed by atoms with E-state index in [9.17, 15) is 0 Å². The van der Waals surface area contributed by atoms with Crippen LogP contribution in [0.3, 0.4) is 0 Å². The molecule has 2 unspecified atom stereocenters. The van der Waals surface area contributed by atoms with Crippen molar-refractivity contribution in [2.45, 2.75) is 46.3 Å². The van der Waals surface area contributed by atoms with Crippen LogP contribution in [0, 0.1) is 12.8 Å². The van der Waals surface area contributed by atoms with Crippen molar-refractivity contribution in [3.8, 4) is 0 Å². The number of hydrogen-bond donors (Lipinski definition) is 2. The Labute approximate surface area is 131 Å². The van der Waals surface area contributed by atoms with Crippen LogP contribution < -0.4 is 10.6 Å². The van der Waals surface area contributed by atoms with E-state index in [0.29, 0.717) is 18.0 Å². The Hall–Kier alpha value is -1.14. The van der Waals surface area contributed by atoms with Crippen LogP contribution in [-0.4, -0.2) is 48.1 Å². The van der Waals surface area contributed by atoms with Crippen LogP contribution in [0.15, 0.2) is 10.5 Å². The van der Waals surface area contributed by atoms with Crippen molar-refractivity contribution in [2.75, 3.05) is 20.1 Å². The van der Waals surface area contributed by atoms with Crippen LogP contribution in [-0.2, 0) is 6.54 Å². The topological polar surface area (TPSA) is 52.6 Å². The lowest BCUT2D eigenvalue weighted by atomic mass is 10.1. The molecule has 1 aliphatic rings. The molecule has 1 aromatic rings.